The zero-order valence-electron chi connectivity index (χ0n) is 17.5. The van der Waals surface area contributed by atoms with E-state index >= 15 is 0 Å². The number of methoxy groups -OCH3 is 1. The van der Waals surface area contributed by atoms with Gasteiger partial charge in [-0.2, -0.15) is 5.26 Å². The quantitative estimate of drug-likeness (QED) is 0.511. The van der Waals surface area contributed by atoms with E-state index in [-0.39, 0.29) is 18.5 Å². The molecule has 0 unspecified atom stereocenters. The van der Waals surface area contributed by atoms with Crippen LogP contribution >= 0.6 is 0 Å². The molecule has 0 aliphatic rings. The maximum absolute atomic E-state index is 13.5. The van der Waals surface area contributed by atoms with Gasteiger partial charge >= 0.3 is 0 Å². The molecule has 3 aromatic rings. The molecule has 0 fully saturated rings. The highest BCUT2D eigenvalue weighted by atomic mass is 19.1. The topological polar surface area (TPSA) is 68.5 Å². The molecular formula is C25H26FN3O2. The van der Waals surface area contributed by atoms with E-state index in [0.717, 1.165) is 11.1 Å². The standard InChI is InChI=1S/C25H26FN3O2/c1-31-23-11-12-24(21(15-23)16-27)28-25(20-7-9-22(26)10-8-20)18-29(13-14-30)17-19-5-3-2-4-6-19/h2-12,15,25,28,30H,13-14,17-18H2,1H3/t25-/m0/s1. The first-order valence-electron chi connectivity index (χ1n) is 10.1. The second-order valence-corrected chi connectivity index (χ2v) is 7.22. The van der Waals surface area contributed by atoms with Gasteiger partial charge in [-0.15, -0.1) is 0 Å². The number of nitrogens with one attached hydrogen (secondary N) is 1. The van der Waals surface area contributed by atoms with Crippen LogP contribution in [0.3, 0.4) is 0 Å². The summed E-state index contributed by atoms with van der Waals surface area (Å²) in [6.07, 6.45) is 0. The summed E-state index contributed by atoms with van der Waals surface area (Å²) in [5.74, 6) is 0.299. The SMILES string of the molecule is COc1ccc(N[C@@H](CN(CCO)Cc2ccccc2)c2ccc(F)cc2)c(C#N)c1. The van der Waals surface area contributed by atoms with E-state index in [0.29, 0.717) is 36.6 Å². The highest BCUT2D eigenvalue weighted by molar-refractivity contribution is 5.61. The number of aliphatic hydroxyl groups excluding tert-OH is 1. The summed E-state index contributed by atoms with van der Waals surface area (Å²) in [5.41, 5.74) is 3.15. The van der Waals surface area contributed by atoms with Gasteiger partial charge in [-0.3, -0.25) is 4.90 Å². The van der Waals surface area contributed by atoms with Crippen LogP contribution in [0.25, 0.3) is 0 Å². The number of rotatable bonds is 10. The van der Waals surface area contributed by atoms with Crippen molar-refractivity contribution in [3.05, 3.63) is 95.3 Å². The average molecular weight is 420 g/mol. The molecule has 0 aliphatic carbocycles. The number of hydrogen-bond donors (Lipinski definition) is 2. The first-order valence-corrected chi connectivity index (χ1v) is 10.1. The van der Waals surface area contributed by atoms with Gasteiger partial charge in [-0.25, -0.2) is 4.39 Å². The molecule has 3 rings (SSSR count). The molecule has 6 heteroatoms. The van der Waals surface area contributed by atoms with Crippen molar-refractivity contribution in [3.63, 3.8) is 0 Å². The lowest BCUT2D eigenvalue weighted by molar-refractivity contribution is 0.185. The van der Waals surface area contributed by atoms with E-state index in [2.05, 4.69) is 16.3 Å². The summed E-state index contributed by atoms with van der Waals surface area (Å²) < 4.78 is 18.7. The lowest BCUT2D eigenvalue weighted by Gasteiger charge is -2.29. The fourth-order valence-corrected chi connectivity index (χ4v) is 3.46. The molecule has 0 saturated carbocycles. The Balaban J connectivity index is 1.89. The molecule has 1 atom stereocenters. The Hall–Kier alpha value is -3.40. The van der Waals surface area contributed by atoms with Crippen LogP contribution in [0, 0.1) is 17.1 Å². The summed E-state index contributed by atoms with van der Waals surface area (Å²) >= 11 is 0. The number of benzene rings is 3. The van der Waals surface area contributed by atoms with Crippen LogP contribution in [0.5, 0.6) is 5.75 Å². The molecule has 31 heavy (non-hydrogen) atoms. The third-order valence-corrected chi connectivity index (χ3v) is 5.06. The molecule has 0 amide bonds. The van der Waals surface area contributed by atoms with E-state index in [1.54, 1.807) is 31.4 Å². The molecule has 0 heterocycles. The minimum absolute atomic E-state index is 0.0228. The molecular weight excluding hydrogens is 393 g/mol. The number of halogens is 1. The van der Waals surface area contributed by atoms with Gasteiger partial charge in [0.05, 0.1) is 31.0 Å². The molecule has 0 aromatic heterocycles. The molecule has 5 nitrogen and oxygen atoms in total. The Morgan fingerprint density at radius 2 is 1.84 bits per heavy atom. The van der Waals surface area contributed by atoms with Gasteiger partial charge in [0.2, 0.25) is 0 Å². The van der Waals surface area contributed by atoms with Gasteiger partial charge < -0.3 is 15.2 Å². The Morgan fingerprint density at radius 3 is 2.48 bits per heavy atom. The first-order chi connectivity index (χ1) is 15.1. The summed E-state index contributed by atoms with van der Waals surface area (Å²) in [7, 11) is 1.56. The van der Waals surface area contributed by atoms with Crippen LogP contribution in [0.2, 0.25) is 0 Å². The largest absolute Gasteiger partial charge is 0.497 e. The fraction of sp³-hybridized carbons (Fsp3) is 0.240. The van der Waals surface area contributed by atoms with Crippen LogP contribution < -0.4 is 10.1 Å². The Kier molecular flexibility index (Phi) is 7.99. The summed E-state index contributed by atoms with van der Waals surface area (Å²) in [6.45, 7) is 1.73. The van der Waals surface area contributed by atoms with Crippen molar-refractivity contribution in [2.75, 3.05) is 32.1 Å². The van der Waals surface area contributed by atoms with Crippen LogP contribution in [0.15, 0.2) is 72.8 Å². The van der Waals surface area contributed by atoms with E-state index in [9.17, 15) is 14.8 Å². The molecule has 0 spiro atoms. The molecule has 0 bridgehead atoms. The van der Waals surface area contributed by atoms with Crippen LogP contribution in [0.4, 0.5) is 10.1 Å². The van der Waals surface area contributed by atoms with E-state index in [4.69, 9.17) is 4.74 Å². The van der Waals surface area contributed by atoms with E-state index < -0.39 is 0 Å². The van der Waals surface area contributed by atoms with Crippen molar-refractivity contribution in [2.24, 2.45) is 0 Å². The zero-order valence-corrected chi connectivity index (χ0v) is 17.5. The maximum Gasteiger partial charge on any atom is 0.123 e. The number of nitriles is 1. The van der Waals surface area contributed by atoms with Crippen LogP contribution in [-0.4, -0.2) is 36.8 Å². The lowest BCUT2D eigenvalue weighted by Crippen LogP contribution is -2.33. The molecule has 3 aromatic carbocycles. The minimum atomic E-state index is -0.304. The fourth-order valence-electron chi connectivity index (χ4n) is 3.46. The first kappa shape index (κ1) is 22.3. The van der Waals surface area contributed by atoms with Gasteiger partial charge in [0.15, 0.2) is 0 Å². The minimum Gasteiger partial charge on any atom is -0.497 e. The van der Waals surface area contributed by atoms with Crippen molar-refractivity contribution in [2.45, 2.75) is 12.6 Å². The number of aliphatic hydroxyl groups is 1. The molecule has 0 saturated heterocycles. The second-order valence-electron chi connectivity index (χ2n) is 7.22. The summed E-state index contributed by atoms with van der Waals surface area (Å²) in [4.78, 5) is 2.13. The number of ether oxygens (including phenoxy) is 1. The molecule has 160 valence electrons. The van der Waals surface area contributed by atoms with Gasteiger partial charge in [0, 0.05) is 19.6 Å². The Bertz CT molecular complexity index is 1000. The Labute approximate surface area is 182 Å². The molecule has 0 radical (unpaired) electrons. The van der Waals surface area contributed by atoms with Crippen molar-refractivity contribution < 1.29 is 14.2 Å². The van der Waals surface area contributed by atoms with Crippen LogP contribution in [0.1, 0.15) is 22.7 Å². The number of nitrogens with zero attached hydrogens (tertiary/aromatic N) is 2. The van der Waals surface area contributed by atoms with Gasteiger partial charge in [-0.1, -0.05) is 42.5 Å². The van der Waals surface area contributed by atoms with Crippen molar-refractivity contribution >= 4 is 5.69 Å². The average Bonchev–Trinajstić information content (AvgIpc) is 2.80. The predicted octanol–water partition coefficient (Wildman–Crippen LogP) is 4.35. The van der Waals surface area contributed by atoms with Crippen molar-refractivity contribution in [1.29, 1.82) is 5.26 Å². The smallest absolute Gasteiger partial charge is 0.123 e. The second kappa shape index (κ2) is 11.1. The summed E-state index contributed by atoms with van der Waals surface area (Å²) in [5, 5.41) is 22.6. The monoisotopic (exact) mass is 419 g/mol. The van der Waals surface area contributed by atoms with Gasteiger partial charge in [0.25, 0.3) is 0 Å². The predicted molar refractivity (Wildman–Crippen MR) is 119 cm³/mol. The van der Waals surface area contributed by atoms with E-state index in [1.165, 1.54) is 12.1 Å². The number of anilines is 1. The number of hydrogen-bond acceptors (Lipinski definition) is 5. The zero-order chi connectivity index (χ0) is 22.1. The Morgan fingerprint density at radius 1 is 1.10 bits per heavy atom. The van der Waals surface area contributed by atoms with Gasteiger partial charge in [-0.05, 0) is 41.5 Å². The third kappa shape index (κ3) is 6.29. The third-order valence-electron chi connectivity index (χ3n) is 5.06. The maximum atomic E-state index is 13.5. The molecule has 2 N–H and O–H groups in total. The molecule has 0 aliphatic heterocycles. The van der Waals surface area contributed by atoms with Crippen LogP contribution in [-0.2, 0) is 6.54 Å². The lowest BCUT2D eigenvalue weighted by atomic mass is 10.0. The van der Waals surface area contributed by atoms with Gasteiger partial charge in [0.1, 0.15) is 17.6 Å². The van der Waals surface area contributed by atoms with E-state index in [1.807, 2.05) is 36.4 Å². The highest BCUT2D eigenvalue weighted by Crippen LogP contribution is 2.27. The van der Waals surface area contributed by atoms with Crippen molar-refractivity contribution in [3.8, 4) is 11.8 Å². The summed E-state index contributed by atoms with van der Waals surface area (Å²) in [6, 6.07) is 23.6. The van der Waals surface area contributed by atoms with Crippen molar-refractivity contribution in [1.82, 2.24) is 4.90 Å². The highest BCUT2D eigenvalue weighted by Gasteiger charge is 2.18. The normalized spacial score (nSPS) is 11.7.